The molecule has 0 spiro atoms. The summed E-state index contributed by atoms with van der Waals surface area (Å²) in [5, 5.41) is 19.4. The van der Waals surface area contributed by atoms with Crippen molar-refractivity contribution in [1.82, 2.24) is 0 Å². The highest BCUT2D eigenvalue weighted by Crippen LogP contribution is 2.21. The Morgan fingerprint density at radius 3 is 2.53 bits per heavy atom. The van der Waals surface area contributed by atoms with Crippen molar-refractivity contribution in [2.75, 3.05) is 5.75 Å². The van der Waals surface area contributed by atoms with Gasteiger partial charge in [-0.05, 0) is 43.2 Å². The van der Waals surface area contributed by atoms with Crippen LogP contribution < -0.4 is 0 Å². The normalized spacial score (nSPS) is 12.3. The van der Waals surface area contributed by atoms with Crippen LogP contribution in [-0.2, 0) is 6.42 Å². The maximum atomic E-state index is 10.0. The maximum absolute atomic E-state index is 10.0. The molecule has 2 aromatic carbocycles. The van der Waals surface area contributed by atoms with E-state index in [-0.39, 0.29) is 5.75 Å². The third-order valence-electron chi connectivity index (χ3n) is 2.85. The van der Waals surface area contributed by atoms with E-state index < -0.39 is 6.10 Å². The Kier molecular flexibility index (Phi) is 4.88. The highest BCUT2D eigenvalue weighted by molar-refractivity contribution is 7.99. The lowest BCUT2D eigenvalue weighted by Crippen LogP contribution is -2.13. The molecule has 0 heterocycles. The molecule has 19 heavy (non-hydrogen) atoms. The molecule has 0 aliphatic carbocycles. The molecular weight excluding hydrogens is 256 g/mol. The highest BCUT2D eigenvalue weighted by Gasteiger charge is 2.07. The summed E-state index contributed by atoms with van der Waals surface area (Å²) < 4.78 is 0. The highest BCUT2D eigenvalue weighted by atomic mass is 32.2. The standard InChI is InChI=1S/C16H18O2S/c1-12-5-7-16(8-6-12)19-11-15(18)10-13-3-2-4-14(17)9-13/h2-9,15,17-18H,10-11H2,1H3. The van der Waals surface area contributed by atoms with Gasteiger partial charge in [-0.1, -0.05) is 29.8 Å². The minimum Gasteiger partial charge on any atom is -0.508 e. The van der Waals surface area contributed by atoms with Gasteiger partial charge in [0.2, 0.25) is 0 Å². The molecule has 0 fully saturated rings. The first-order valence-corrected chi connectivity index (χ1v) is 7.27. The molecule has 0 saturated heterocycles. The van der Waals surface area contributed by atoms with Crippen LogP contribution in [0.3, 0.4) is 0 Å². The first kappa shape index (κ1) is 14.0. The molecule has 1 atom stereocenters. The van der Waals surface area contributed by atoms with Crippen molar-refractivity contribution in [1.29, 1.82) is 0 Å². The van der Waals surface area contributed by atoms with Crippen LogP contribution >= 0.6 is 11.8 Å². The summed E-state index contributed by atoms with van der Waals surface area (Å²) in [4.78, 5) is 1.17. The van der Waals surface area contributed by atoms with Crippen molar-refractivity contribution >= 4 is 11.8 Å². The van der Waals surface area contributed by atoms with Gasteiger partial charge in [-0.2, -0.15) is 0 Å². The summed E-state index contributed by atoms with van der Waals surface area (Å²) in [6, 6.07) is 15.3. The molecule has 0 aromatic heterocycles. The van der Waals surface area contributed by atoms with Gasteiger partial charge < -0.3 is 10.2 Å². The number of phenols is 1. The van der Waals surface area contributed by atoms with Gasteiger partial charge in [-0.15, -0.1) is 11.8 Å². The van der Waals surface area contributed by atoms with E-state index in [1.165, 1.54) is 10.5 Å². The smallest absolute Gasteiger partial charge is 0.115 e. The van der Waals surface area contributed by atoms with E-state index >= 15 is 0 Å². The monoisotopic (exact) mass is 274 g/mol. The Bertz CT molecular complexity index is 523. The number of phenolic OH excluding ortho intramolecular Hbond substituents is 1. The lowest BCUT2D eigenvalue weighted by Gasteiger charge is -2.10. The van der Waals surface area contributed by atoms with Gasteiger partial charge in [0.25, 0.3) is 0 Å². The Balaban J connectivity index is 1.84. The fraction of sp³-hybridized carbons (Fsp3) is 0.250. The van der Waals surface area contributed by atoms with Crippen LogP contribution in [0, 0.1) is 6.92 Å². The van der Waals surface area contributed by atoms with Crippen molar-refractivity contribution in [3.05, 3.63) is 59.7 Å². The van der Waals surface area contributed by atoms with Crippen LogP contribution in [0.4, 0.5) is 0 Å². The SMILES string of the molecule is Cc1ccc(SCC(O)Cc2cccc(O)c2)cc1. The first-order valence-electron chi connectivity index (χ1n) is 6.29. The third kappa shape index (κ3) is 4.62. The minimum absolute atomic E-state index is 0.246. The number of rotatable bonds is 5. The molecular formula is C16H18O2S. The molecule has 3 heteroatoms. The van der Waals surface area contributed by atoms with E-state index in [0.29, 0.717) is 12.2 Å². The summed E-state index contributed by atoms with van der Waals surface area (Å²) in [5.74, 6) is 0.898. The molecule has 2 aromatic rings. The van der Waals surface area contributed by atoms with Crippen molar-refractivity contribution in [3.8, 4) is 5.75 Å². The second kappa shape index (κ2) is 6.64. The number of aromatic hydroxyl groups is 1. The number of aliphatic hydroxyl groups is 1. The molecule has 1 unspecified atom stereocenters. The third-order valence-corrected chi connectivity index (χ3v) is 4.00. The van der Waals surface area contributed by atoms with E-state index in [4.69, 9.17) is 0 Å². The molecule has 0 amide bonds. The molecule has 0 aliphatic heterocycles. The summed E-state index contributed by atoms with van der Waals surface area (Å²) in [5.41, 5.74) is 2.20. The Morgan fingerprint density at radius 1 is 1.11 bits per heavy atom. The average Bonchev–Trinajstić information content (AvgIpc) is 2.38. The van der Waals surface area contributed by atoms with E-state index in [1.807, 2.05) is 6.07 Å². The maximum Gasteiger partial charge on any atom is 0.115 e. The van der Waals surface area contributed by atoms with Crippen molar-refractivity contribution < 1.29 is 10.2 Å². The average molecular weight is 274 g/mol. The van der Waals surface area contributed by atoms with Crippen LogP contribution in [0.5, 0.6) is 5.75 Å². The predicted octanol–water partition coefficient (Wildman–Crippen LogP) is 3.40. The van der Waals surface area contributed by atoms with Crippen LogP contribution in [0.15, 0.2) is 53.4 Å². The van der Waals surface area contributed by atoms with Gasteiger partial charge in [0.15, 0.2) is 0 Å². The van der Waals surface area contributed by atoms with Crippen LogP contribution in [0.25, 0.3) is 0 Å². The van der Waals surface area contributed by atoms with Gasteiger partial charge in [0, 0.05) is 10.6 Å². The quantitative estimate of drug-likeness (QED) is 0.821. The largest absolute Gasteiger partial charge is 0.508 e. The lowest BCUT2D eigenvalue weighted by molar-refractivity contribution is 0.200. The number of hydrogen-bond acceptors (Lipinski definition) is 3. The second-order valence-electron chi connectivity index (χ2n) is 4.65. The van der Waals surface area contributed by atoms with E-state index in [1.54, 1.807) is 30.0 Å². The van der Waals surface area contributed by atoms with Gasteiger partial charge >= 0.3 is 0 Å². The van der Waals surface area contributed by atoms with Gasteiger partial charge in [0.1, 0.15) is 5.75 Å². The Labute approximate surface area is 118 Å². The summed E-state index contributed by atoms with van der Waals surface area (Å²) in [7, 11) is 0. The lowest BCUT2D eigenvalue weighted by atomic mass is 10.1. The molecule has 0 bridgehead atoms. The molecule has 2 nitrogen and oxygen atoms in total. The molecule has 0 aliphatic rings. The van der Waals surface area contributed by atoms with Gasteiger partial charge in [-0.3, -0.25) is 0 Å². The van der Waals surface area contributed by atoms with E-state index in [0.717, 1.165) is 5.56 Å². The summed E-state index contributed by atoms with van der Waals surface area (Å²) in [6.45, 7) is 2.06. The zero-order valence-corrected chi connectivity index (χ0v) is 11.7. The Hall–Kier alpha value is -1.45. The number of aryl methyl sites for hydroxylation is 1. The zero-order valence-electron chi connectivity index (χ0n) is 10.9. The molecule has 0 saturated carbocycles. The number of benzene rings is 2. The van der Waals surface area contributed by atoms with Gasteiger partial charge in [-0.25, -0.2) is 0 Å². The molecule has 100 valence electrons. The number of thioether (sulfide) groups is 1. The molecule has 2 N–H and O–H groups in total. The van der Waals surface area contributed by atoms with E-state index in [2.05, 4.69) is 31.2 Å². The van der Waals surface area contributed by atoms with Crippen LogP contribution in [-0.4, -0.2) is 22.1 Å². The molecule has 0 radical (unpaired) electrons. The summed E-state index contributed by atoms with van der Waals surface area (Å²) in [6.07, 6.45) is 0.154. The van der Waals surface area contributed by atoms with Gasteiger partial charge in [0.05, 0.1) is 6.10 Å². The number of aliphatic hydroxyl groups excluding tert-OH is 1. The second-order valence-corrected chi connectivity index (χ2v) is 5.75. The summed E-state index contributed by atoms with van der Waals surface area (Å²) >= 11 is 1.65. The first-order chi connectivity index (χ1) is 9.13. The molecule has 2 rings (SSSR count). The topological polar surface area (TPSA) is 40.5 Å². The van der Waals surface area contributed by atoms with Crippen molar-refractivity contribution in [2.45, 2.75) is 24.3 Å². The van der Waals surface area contributed by atoms with Crippen LogP contribution in [0.1, 0.15) is 11.1 Å². The van der Waals surface area contributed by atoms with Crippen molar-refractivity contribution in [2.24, 2.45) is 0 Å². The number of hydrogen-bond donors (Lipinski definition) is 2. The van der Waals surface area contributed by atoms with E-state index in [9.17, 15) is 10.2 Å². The Morgan fingerprint density at radius 2 is 1.84 bits per heavy atom. The zero-order chi connectivity index (χ0) is 13.7. The predicted molar refractivity (Wildman–Crippen MR) is 79.7 cm³/mol. The van der Waals surface area contributed by atoms with Crippen LogP contribution in [0.2, 0.25) is 0 Å². The fourth-order valence-electron chi connectivity index (χ4n) is 1.84. The minimum atomic E-state index is -0.409. The fourth-order valence-corrected chi connectivity index (χ4v) is 2.67. The van der Waals surface area contributed by atoms with Crippen molar-refractivity contribution in [3.63, 3.8) is 0 Å².